The standard InChI is InChI=1S/C23H29N7O/c1-2-25-23(29-12-10-28(11-13-29)21-8-3-4-9-22(21)31)26-15-19-6-5-7-20(14-19)16-30-18-24-17-27-30/h3-9,14,17-18,31H,2,10-13,15-16H2,1H3,(H,25,26). The minimum absolute atomic E-state index is 0.335. The first-order chi connectivity index (χ1) is 15.2. The smallest absolute Gasteiger partial charge is 0.194 e. The number of aliphatic imine (C=N–C) groups is 1. The number of benzene rings is 2. The predicted octanol–water partition coefficient (Wildman–Crippen LogP) is 2.32. The number of guanidine groups is 1. The first-order valence-electron chi connectivity index (χ1n) is 10.7. The molecule has 0 bridgehead atoms. The SMILES string of the molecule is CCNC(=NCc1cccc(Cn2cncn2)c1)N1CCN(c2ccccc2O)CC1. The zero-order valence-corrected chi connectivity index (χ0v) is 17.9. The Balaban J connectivity index is 1.39. The molecule has 1 aromatic heterocycles. The van der Waals surface area contributed by atoms with E-state index >= 15 is 0 Å². The molecular weight excluding hydrogens is 390 g/mol. The summed E-state index contributed by atoms with van der Waals surface area (Å²) in [5, 5.41) is 17.7. The van der Waals surface area contributed by atoms with Gasteiger partial charge in [0.15, 0.2) is 5.96 Å². The van der Waals surface area contributed by atoms with Crippen molar-refractivity contribution in [1.82, 2.24) is 25.0 Å². The van der Waals surface area contributed by atoms with E-state index < -0.39 is 0 Å². The third-order valence-corrected chi connectivity index (χ3v) is 5.35. The number of nitrogens with zero attached hydrogens (tertiary/aromatic N) is 6. The van der Waals surface area contributed by atoms with Gasteiger partial charge in [-0.2, -0.15) is 5.10 Å². The Hall–Kier alpha value is -3.55. The number of para-hydroxylation sites is 2. The Bertz CT molecular complexity index is 995. The first-order valence-corrected chi connectivity index (χ1v) is 10.7. The van der Waals surface area contributed by atoms with Crippen LogP contribution in [0.3, 0.4) is 0 Å². The Morgan fingerprint density at radius 1 is 1.06 bits per heavy atom. The van der Waals surface area contributed by atoms with Crippen LogP contribution in [0.2, 0.25) is 0 Å². The van der Waals surface area contributed by atoms with Gasteiger partial charge in [0.05, 0.1) is 18.8 Å². The fraction of sp³-hybridized carbons (Fsp3) is 0.348. The number of aromatic hydroxyl groups is 1. The van der Waals surface area contributed by atoms with E-state index in [1.807, 2.05) is 22.9 Å². The largest absolute Gasteiger partial charge is 0.506 e. The van der Waals surface area contributed by atoms with Crippen LogP contribution in [-0.4, -0.2) is 63.5 Å². The lowest BCUT2D eigenvalue weighted by molar-refractivity contribution is 0.369. The number of anilines is 1. The molecule has 2 heterocycles. The Labute approximate surface area is 182 Å². The van der Waals surface area contributed by atoms with Crippen LogP contribution in [0.15, 0.2) is 66.2 Å². The highest BCUT2D eigenvalue weighted by molar-refractivity contribution is 5.80. The molecule has 8 nitrogen and oxygen atoms in total. The van der Waals surface area contributed by atoms with Gasteiger partial charge in [0.25, 0.3) is 0 Å². The van der Waals surface area contributed by atoms with Gasteiger partial charge >= 0.3 is 0 Å². The minimum Gasteiger partial charge on any atom is -0.506 e. The van der Waals surface area contributed by atoms with Gasteiger partial charge in [0.2, 0.25) is 0 Å². The molecular formula is C23H29N7O. The zero-order chi connectivity index (χ0) is 21.5. The third-order valence-electron chi connectivity index (χ3n) is 5.35. The normalized spacial score (nSPS) is 14.7. The van der Waals surface area contributed by atoms with E-state index in [2.05, 4.69) is 56.4 Å². The molecule has 1 aliphatic heterocycles. The summed E-state index contributed by atoms with van der Waals surface area (Å²) in [4.78, 5) is 13.4. The fourth-order valence-electron chi connectivity index (χ4n) is 3.81. The highest BCUT2D eigenvalue weighted by Crippen LogP contribution is 2.27. The third kappa shape index (κ3) is 5.33. The summed E-state index contributed by atoms with van der Waals surface area (Å²) in [5.41, 5.74) is 3.24. The van der Waals surface area contributed by atoms with Crippen molar-refractivity contribution in [3.63, 3.8) is 0 Å². The van der Waals surface area contributed by atoms with Crippen molar-refractivity contribution in [1.29, 1.82) is 0 Å². The fourth-order valence-corrected chi connectivity index (χ4v) is 3.81. The molecule has 31 heavy (non-hydrogen) atoms. The van der Waals surface area contributed by atoms with Crippen LogP contribution in [0.1, 0.15) is 18.1 Å². The van der Waals surface area contributed by atoms with Crippen LogP contribution in [0.4, 0.5) is 5.69 Å². The van der Waals surface area contributed by atoms with Gasteiger partial charge in [0.1, 0.15) is 18.4 Å². The van der Waals surface area contributed by atoms with E-state index in [-0.39, 0.29) is 0 Å². The number of piperazine rings is 1. The summed E-state index contributed by atoms with van der Waals surface area (Å²) in [7, 11) is 0. The molecule has 1 aliphatic rings. The second-order valence-corrected chi connectivity index (χ2v) is 7.55. The van der Waals surface area contributed by atoms with Gasteiger partial charge in [-0.25, -0.2) is 14.7 Å². The molecule has 0 radical (unpaired) electrons. The summed E-state index contributed by atoms with van der Waals surface area (Å²) in [5.74, 6) is 1.27. The molecule has 0 spiro atoms. The monoisotopic (exact) mass is 419 g/mol. The van der Waals surface area contributed by atoms with Crippen molar-refractivity contribution in [2.24, 2.45) is 4.99 Å². The Morgan fingerprint density at radius 3 is 2.61 bits per heavy atom. The number of phenolic OH excluding ortho intramolecular Hbond substituents is 1. The summed E-state index contributed by atoms with van der Waals surface area (Å²) in [6, 6.07) is 16.0. The molecule has 2 aromatic carbocycles. The molecule has 1 fully saturated rings. The number of hydrogen-bond donors (Lipinski definition) is 2. The maximum atomic E-state index is 10.1. The molecule has 2 N–H and O–H groups in total. The summed E-state index contributed by atoms with van der Waals surface area (Å²) in [6.45, 7) is 7.63. The highest BCUT2D eigenvalue weighted by atomic mass is 16.3. The molecule has 0 aliphatic carbocycles. The Kier molecular flexibility index (Phi) is 6.66. The average molecular weight is 420 g/mol. The lowest BCUT2D eigenvalue weighted by Crippen LogP contribution is -2.52. The van der Waals surface area contributed by atoms with Crippen molar-refractivity contribution >= 4 is 11.6 Å². The van der Waals surface area contributed by atoms with Crippen molar-refractivity contribution in [2.45, 2.75) is 20.0 Å². The number of nitrogens with one attached hydrogen (secondary N) is 1. The van der Waals surface area contributed by atoms with Crippen LogP contribution >= 0.6 is 0 Å². The van der Waals surface area contributed by atoms with Crippen LogP contribution in [0.5, 0.6) is 5.75 Å². The summed E-state index contributed by atoms with van der Waals surface area (Å²) < 4.78 is 1.82. The molecule has 162 valence electrons. The molecule has 0 saturated carbocycles. The van der Waals surface area contributed by atoms with E-state index in [0.717, 1.165) is 44.4 Å². The molecule has 0 amide bonds. The van der Waals surface area contributed by atoms with E-state index in [1.165, 1.54) is 11.1 Å². The second kappa shape index (κ2) is 9.97. The second-order valence-electron chi connectivity index (χ2n) is 7.55. The van der Waals surface area contributed by atoms with E-state index in [1.54, 1.807) is 18.7 Å². The van der Waals surface area contributed by atoms with E-state index in [4.69, 9.17) is 4.99 Å². The van der Waals surface area contributed by atoms with Crippen LogP contribution < -0.4 is 10.2 Å². The molecule has 3 aromatic rings. The molecule has 0 atom stereocenters. The van der Waals surface area contributed by atoms with E-state index in [0.29, 0.717) is 18.8 Å². The lowest BCUT2D eigenvalue weighted by Gasteiger charge is -2.37. The van der Waals surface area contributed by atoms with Crippen molar-refractivity contribution in [3.05, 3.63) is 72.3 Å². The van der Waals surface area contributed by atoms with Gasteiger partial charge in [-0.3, -0.25) is 0 Å². The topological polar surface area (TPSA) is 81.8 Å². The van der Waals surface area contributed by atoms with Crippen LogP contribution in [0, 0.1) is 0 Å². The molecule has 1 saturated heterocycles. The highest BCUT2D eigenvalue weighted by Gasteiger charge is 2.21. The Morgan fingerprint density at radius 2 is 1.87 bits per heavy atom. The van der Waals surface area contributed by atoms with E-state index in [9.17, 15) is 5.11 Å². The van der Waals surface area contributed by atoms with Gasteiger partial charge in [-0.05, 0) is 30.2 Å². The number of phenols is 1. The molecule has 8 heteroatoms. The number of hydrogen-bond acceptors (Lipinski definition) is 5. The van der Waals surface area contributed by atoms with Crippen molar-refractivity contribution in [3.8, 4) is 5.75 Å². The molecule has 4 rings (SSSR count). The maximum Gasteiger partial charge on any atom is 0.194 e. The first kappa shape index (κ1) is 20.7. The summed E-state index contributed by atoms with van der Waals surface area (Å²) in [6.07, 6.45) is 3.28. The maximum absolute atomic E-state index is 10.1. The minimum atomic E-state index is 0.335. The van der Waals surface area contributed by atoms with Crippen LogP contribution in [0.25, 0.3) is 0 Å². The molecule has 0 unspecified atom stereocenters. The van der Waals surface area contributed by atoms with Crippen molar-refractivity contribution in [2.75, 3.05) is 37.6 Å². The predicted molar refractivity (Wildman–Crippen MR) is 122 cm³/mol. The lowest BCUT2D eigenvalue weighted by atomic mass is 10.1. The average Bonchev–Trinajstić information content (AvgIpc) is 3.30. The number of aromatic nitrogens is 3. The van der Waals surface area contributed by atoms with Crippen molar-refractivity contribution < 1.29 is 5.11 Å². The summed E-state index contributed by atoms with van der Waals surface area (Å²) >= 11 is 0. The van der Waals surface area contributed by atoms with Gasteiger partial charge in [-0.1, -0.05) is 36.4 Å². The van der Waals surface area contributed by atoms with Crippen LogP contribution in [-0.2, 0) is 13.1 Å². The number of rotatable bonds is 6. The van der Waals surface area contributed by atoms with Gasteiger partial charge in [0, 0.05) is 32.7 Å². The quantitative estimate of drug-likeness (QED) is 0.471. The zero-order valence-electron chi connectivity index (χ0n) is 17.9. The van der Waals surface area contributed by atoms with Gasteiger partial charge in [-0.15, -0.1) is 0 Å². The van der Waals surface area contributed by atoms with Gasteiger partial charge < -0.3 is 20.2 Å².